The summed E-state index contributed by atoms with van der Waals surface area (Å²) >= 11 is 0. The molecule has 0 aromatic rings. The van der Waals surface area contributed by atoms with E-state index in [2.05, 4.69) is 10.6 Å². The third-order valence-electron chi connectivity index (χ3n) is 3.29. The summed E-state index contributed by atoms with van der Waals surface area (Å²) in [5.41, 5.74) is 5.55. The van der Waals surface area contributed by atoms with Gasteiger partial charge in [-0.25, -0.2) is 0 Å². The molecule has 0 spiro atoms. The van der Waals surface area contributed by atoms with Gasteiger partial charge in [-0.3, -0.25) is 9.59 Å². The lowest BCUT2D eigenvalue weighted by Gasteiger charge is -2.26. The first-order valence-electron chi connectivity index (χ1n) is 7.59. The lowest BCUT2D eigenvalue weighted by Crippen LogP contribution is -2.57. The van der Waals surface area contributed by atoms with Crippen molar-refractivity contribution in [3.63, 3.8) is 0 Å². The number of hydrogen-bond donors (Lipinski definition) is 4. The lowest BCUT2D eigenvalue weighted by atomic mass is 10.0. The zero-order valence-corrected chi connectivity index (χ0v) is 14.0. The van der Waals surface area contributed by atoms with E-state index in [1.807, 2.05) is 13.8 Å². The lowest BCUT2D eigenvalue weighted by molar-refractivity contribution is -0.132. The predicted molar refractivity (Wildman–Crippen MR) is 83.9 cm³/mol. The van der Waals surface area contributed by atoms with Crippen molar-refractivity contribution < 1.29 is 19.5 Å². The third kappa shape index (κ3) is 7.00. The van der Waals surface area contributed by atoms with Gasteiger partial charge in [0.1, 0.15) is 18.4 Å². The minimum Gasteiger partial charge on any atom is -0.391 e. The summed E-state index contributed by atoms with van der Waals surface area (Å²) in [5.74, 6) is -0.961. The fraction of sp³-hybridized carbons (Fsp3) is 0.800. The number of aliphatic hydroxyl groups excluding tert-OH is 1. The molecule has 0 aliphatic heterocycles. The van der Waals surface area contributed by atoms with Crippen molar-refractivity contribution in [1.29, 1.82) is 0 Å². The molecule has 7 nitrogen and oxygen atoms in total. The zero-order chi connectivity index (χ0) is 17.4. The van der Waals surface area contributed by atoms with Gasteiger partial charge in [0.25, 0.3) is 0 Å². The van der Waals surface area contributed by atoms with Gasteiger partial charge in [-0.1, -0.05) is 27.7 Å². The summed E-state index contributed by atoms with van der Waals surface area (Å²) in [6.45, 7) is 8.85. The Kier molecular flexibility index (Phi) is 8.89. The van der Waals surface area contributed by atoms with Crippen LogP contribution in [0.15, 0.2) is 0 Å². The van der Waals surface area contributed by atoms with Gasteiger partial charge in [0.15, 0.2) is 0 Å². The van der Waals surface area contributed by atoms with Gasteiger partial charge in [0.2, 0.25) is 11.8 Å². The van der Waals surface area contributed by atoms with Gasteiger partial charge in [0, 0.05) is 0 Å². The Morgan fingerprint density at radius 2 is 1.64 bits per heavy atom. The van der Waals surface area contributed by atoms with Crippen molar-refractivity contribution in [2.75, 3.05) is 0 Å². The predicted octanol–water partition coefficient (Wildman–Crippen LogP) is -0.435. The van der Waals surface area contributed by atoms with E-state index in [1.165, 1.54) is 6.92 Å². The maximum atomic E-state index is 12.3. The SMILES string of the molecule is CC(C)C[C@@H](C=O)NC(=O)[C@@H](NC(=O)[C@@H](N)[C@@H](C)O)C(C)C. The van der Waals surface area contributed by atoms with Gasteiger partial charge < -0.3 is 26.3 Å². The first-order valence-corrected chi connectivity index (χ1v) is 7.59. The number of hydrogen-bond acceptors (Lipinski definition) is 5. The Bertz CT molecular complexity index is 383. The van der Waals surface area contributed by atoms with Crippen LogP contribution in [0.4, 0.5) is 0 Å². The minimum atomic E-state index is -1.11. The second-order valence-electron chi connectivity index (χ2n) is 6.38. The fourth-order valence-corrected chi connectivity index (χ4v) is 1.93. The van der Waals surface area contributed by atoms with Crippen LogP contribution in [0, 0.1) is 11.8 Å². The molecule has 0 aliphatic carbocycles. The van der Waals surface area contributed by atoms with E-state index in [0.717, 1.165) is 0 Å². The molecule has 0 radical (unpaired) electrons. The van der Waals surface area contributed by atoms with Gasteiger partial charge in [-0.2, -0.15) is 0 Å². The molecular formula is C15H29N3O4. The second kappa shape index (κ2) is 9.53. The van der Waals surface area contributed by atoms with Crippen molar-refractivity contribution in [2.45, 2.75) is 65.3 Å². The molecule has 0 heterocycles. The molecule has 22 heavy (non-hydrogen) atoms. The summed E-state index contributed by atoms with van der Waals surface area (Å²) in [5, 5.41) is 14.5. The number of rotatable bonds is 9. The summed E-state index contributed by atoms with van der Waals surface area (Å²) in [6, 6.07) is -2.51. The molecule has 0 saturated heterocycles. The molecule has 0 saturated carbocycles. The molecule has 4 atom stereocenters. The Labute approximate surface area is 132 Å². The first-order chi connectivity index (χ1) is 10.1. The van der Waals surface area contributed by atoms with Crippen molar-refractivity contribution in [1.82, 2.24) is 10.6 Å². The highest BCUT2D eigenvalue weighted by Gasteiger charge is 2.29. The molecule has 128 valence electrons. The van der Waals surface area contributed by atoms with Crippen molar-refractivity contribution in [2.24, 2.45) is 17.6 Å². The van der Waals surface area contributed by atoms with Crippen LogP contribution in [0.2, 0.25) is 0 Å². The van der Waals surface area contributed by atoms with Crippen LogP contribution in [0.1, 0.15) is 41.0 Å². The Morgan fingerprint density at radius 3 is 2.00 bits per heavy atom. The number of nitrogens with two attached hydrogens (primary N) is 1. The molecule has 5 N–H and O–H groups in total. The Balaban J connectivity index is 4.84. The normalized spacial score (nSPS) is 16.8. The molecular weight excluding hydrogens is 286 g/mol. The van der Waals surface area contributed by atoms with Crippen LogP contribution in [0.5, 0.6) is 0 Å². The number of amides is 2. The largest absolute Gasteiger partial charge is 0.391 e. The highest BCUT2D eigenvalue weighted by Crippen LogP contribution is 2.07. The van der Waals surface area contributed by atoms with Crippen LogP contribution in [0.3, 0.4) is 0 Å². The van der Waals surface area contributed by atoms with Crippen molar-refractivity contribution in [3.05, 3.63) is 0 Å². The Hall–Kier alpha value is -1.47. The van der Waals surface area contributed by atoms with Crippen molar-refractivity contribution >= 4 is 18.1 Å². The number of aldehydes is 1. The van der Waals surface area contributed by atoms with E-state index >= 15 is 0 Å². The summed E-state index contributed by atoms with van der Waals surface area (Å²) < 4.78 is 0. The van der Waals surface area contributed by atoms with E-state index in [-0.39, 0.29) is 11.8 Å². The first kappa shape index (κ1) is 20.5. The molecule has 0 bridgehead atoms. The zero-order valence-electron chi connectivity index (χ0n) is 14.0. The minimum absolute atomic E-state index is 0.184. The summed E-state index contributed by atoms with van der Waals surface area (Å²) in [6.07, 6.45) is 0.208. The van der Waals surface area contributed by atoms with Crippen molar-refractivity contribution in [3.8, 4) is 0 Å². The smallest absolute Gasteiger partial charge is 0.243 e. The standard InChI is InChI=1S/C15H29N3O4/c1-8(2)6-11(7-19)17-15(22)13(9(3)4)18-14(21)12(16)10(5)20/h7-13,20H,6,16H2,1-5H3,(H,17,22)(H,18,21)/t10-,11+,12+,13+/m1/s1. The molecule has 0 aliphatic rings. The molecule has 0 fully saturated rings. The third-order valence-corrected chi connectivity index (χ3v) is 3.29. The van der Waals surface area contributed by atoms with Gasteiger partial charge >= 0.3 is 0 Å². The van der Waals surface area contributed by atoms with E-state index in [1.54, 1.807) is 13.8 Å². The van der Waals surface area contributed by atoms with Crippen LogP contribution < -0.4 is 16.4 Å². The average molecular weight is 315 g/mol. The number of carbonyl (C=O) groups is 3. The van der Waals surface area contributed by atoms with Crippen LogP contribution in [-0.4, -0.2) is 47.4 Å². The quantitative estimate of drug-likeness (QED) is 0.430. The fourth-order valence-electron chi connectivity index (χ4n) is 1.93. The maximum Gasteiger partial charge on any atom is 0.243 e. The summed E-state index contributed by atoms with van der Waals surface area (Å²) in [7, 11) is 0. The number of carbonyl (C=O) groups excluding carboxylic acids is 3. The molecule has 0 aromatic heterocycles. The van der Waals surface area contributed by atoms with E-state index in [0.29, 0.717) is 12.7 Å². The highest BCUT2D eigenvalue weighted by atomic mass is 16.3. The number of nitrogens with one attached hydrogen (secondary N) is 2. The van der Waals surface area contributed by atoms with Crippen LogP contribution >= 0.6 is 0 Å². The highest BCUT2D eigenvalue weighted by molar-refractivity contribution is 5.91. The molecule has 0 rings (SSSR count). The average Bonchev–Trinajstić information content (AvgIpc) is 2.41. The van der Waals surface area contributed by atoms with E-state index in [9.17, 15) is 19.5 Å². The monoisotopic (exact) mass is 315 g/mol. The maximum absolute atomic E-state index is 12.3. The van der Waals surface area contributed by atoms with Gasteiger partial charge in [-0.05, 0) is 25.2 Å². The molecule has 2 amide bonds. The Morgan fingerprint density at radius 1 is 1.09 bits per heavy atom. The molecule has 7 heteroatoms. The topological polar surface area (TPSA) is 122 Å². The number of aliphatic hydroxyl groups is 1. The molecule has 0 unspecified atom stereocenters. The van der Waals surface area contributed by atoms with Crippen LogP contribution in [-0.2, 0) is 14.4 Å². The van der Waals surface area contributed by atoms with Crippen LogP contribution in [0.25, 0.3) is 0 Å². The van der Waals surface area contributed by atoms with E-state index in [4.69, 9.17) is 5.73 Å². The van der Waals surface area contributed by atoms with E-state index < -0.39 is 36.0 Å². The van der Waals surface area contributed by atoms with Gasteiger partial charge in [0.05, 0.1) is 12.1 Å². The van der Waals surface area contributed by atoms with Gasteiger partial charge in [-0.15, -0.1) is 0 Å². The molecule has 0 aromatic carbocycles. The second-order valence-corrected chi connectivity index (χ2v) is 6.38. The summed E-state index contributed by atoms with van der Waals surface area (Å²) in [4.78, 5) is 35.2.